The van der Waals surface area contributed by atoms with E-state index < -0.39 is 0 Å². The molecule has 1 rings (SSSR count). The highest BCUT2D eigenvalue weighted by Gasteiger charge is 2.11. The third-order valence-electron chi connectivity index (χ3n) is 1.41. The van der Waals surface area contributed by atoms with Crippen LogP contribution in [0.25, 0.3) is 0 Å². The molecule has 0 saturated heterocycles. The maximum absolute atomic E-state index is 9.11. The van der Waals surface area contributed by atoms with Gasteiger partial charge in [-0.15, -0.1) is 0 Å². The first-order valence-corrected chi connectivity index (χ1v) is 3.31. The van der Waals surface area contributed by atoms with Gasteiger partial charge in [0.05, 0.1) is 6.10 Å². The first kappa shape index (κ1) is 6.84. The van der Waals surface area contributed by atoms with Gasteiger partial charge in [0.15, 0.2) is 0 Å². The first-order valence-electron chi connectivity index (χ1n) is 2.94. The van der Waals surface area contributed by atoms with Crippen LogP contribution in [0.1, 0.15) is 6.92 Å². The van der Waals surface area contributed by atoms with E-state index in [0.29, 0.717) is 5.03 Å². The van der Waals surface area contributed by atoms with E-state index in [-0.39, 0.29) is 12.0 Å². The van der Waals surface area contributed by atoms with Gasteiger partial charge in [0.2, 0.25) is 0 Å². The van der Waals surface area contributed by atoms with Gasteiger partial charge in [-0.05, 0) is 6.08 Å². The maximum atomic E-state index is 9.11. The van der Waals surface area contributed by atoms with Crippen LogP contribution in [0.15, 0.2) is 23.3 Å². The standard InChI is InChI=1S/C7H9ClO/c1-5-4-6(8)2-3-7(5)9/h2-5,7,9H,1H3. The Morgan fingerprint density at radius 3 is 2.78 bits per heavy atom. The zero-order valence-electron chi connectivity index (χ0n) is 5.21. The number of aliphatic hydroxyl groups is 1. The summed E-state index contributed by atoms with van der Waals surface area (Å²) in [5, 5.41) is 9.82. The molecule has 0 heterocycles. The minimum Gasteiger partial charge on any atom is -0.388 e. The fourth-order valence-electron chi connectivity index (χ4n) is 0.771. The van der Waals surface area contributed by atoms with Crippen molar-refractivity contribution in [3.63, 3.8) is 0 Å². The van der Waals surface area contributed by atoms with E-state index in [0.717, 1.165) is 0 Å². The number of hydrogen-bond donors (Lipinski definition) is 1. The molecule has 2 heteroatoms. The Labute approximate surface area is 59.6 Å². The average molecular weight is 145 g/mol. The largest absolute Gasteiger partial charge is 0.388 e. The van der Waals surface area contributed by atoms with Gasteiger partial charge in [-0.1, -0.05) is 30.7 Å². The van der Waals surface area contributed by atoms with Crippen molar-refractivity contribution in [1.82, 2.24) is 0 Å². The van der Waals surface area contributed by atoms with Crippen molar-refractivity contribution in [2.24, 2.45) is 5.92 Å². The lowest BCUT2D eigenvalue weighted by atomic mass is 10.0. The van der Waals surface area contributed by atoms with Crippen LogP contribution in [0.2, 0.25) is 0 Å². The molecule has 1 nitrogen and oxygen atoms in total. The van der Waals surface area contributed by atoms with Crippen molar-refractivity contribution >= 4 is 11.6 Å². The van der Waals surface area contributed by atoms with Crippen LogP contribution < -0.4 is 0 Å². The highest BCUT2D eigenvalue weighted by atomic mass is 35.5. The van der Waals surface area contributed by atoms with Gasteiger partial charge in [0.25, 0.3) is 0 Å². The smallest absolute Gasteiger partial charge is 0.0785 e. The van der Waals surface area contributed by atoms with Crippen LogP contribution in [0.5, 0.6) is 0 Å². The molecule has 0 aromatic heterocycles. The molecule has 2 unspecified atom stereocenters. The quantitative estimate of drug-likeness (QED) is 0.549. The van der Waals surface area contributed by atoms with E-state index in [1.807, 2.05) is 13.0 Å². The number of hydrogen-bond acceptors (Lipinski definition) is 1. The van der Waals surface area contributed by atoms with Gasteiger partial charge in [-0.25, -0.2) is 0 Å². The molecule has 0 amide bonds. The Morgan fingerprint density at radius 2 is 2.33 bits per heavy atom. The number of aliphatic hydroxyl groups excluding tert-OH is 1. The summed E-state index contributed by atoms with van der Waals surface area (Å²) in [7, 11) is 0. The minimum atomic E-state index is -0.354. The maximum Gasteiger partial charge on any atom is 0.0785 e. The van der Waals surface area contributed by atoms with Gasteiger partial charge >= 0.3 is 0 Å². The normalized spacial score (nSPS) is 34.3. The summed E-state index contributed by atoms with van der Waals surface area (Å²) in [6.45, 7) is 1.93. The first-order chi connectivity index (χ1) is 4.20. The fourth-order valence-corrected chi connectivity index (χ4v) is 1.04. The molecular formula is C7H9ClO. The lowest BCUT2D eigenvalue weighted by Crippen LogP contribution is -2.14. The molecule has 0 radical (unpaired) electrons. The highest BCUT2D eigenvalue weighted by Crippen LogP contribution is 2.18. The zero-order valence-corrected chi connectivity index (χ0v) is 5.97. The van der Waals surface area contributed by atoms with Crippen LogP contribution in [0.3, 0.4) is 0 Å². The number of allylic oxidation sites excluding steroid dienone is 2. The molecular weight excluding hydrogens is 136 g/mol. The SMILES string of the molecule is CC1C=C(Cl)C=CC1O. The lowest BCUT2D eigenvalue weighted by molar-refractivity contribution is 0.183. The Balaban J connectivity index is 2.70. The van der Waals surface area contributed by atoms with Crippen LogP contribution in [-0.4, -0.2) is 11.2 Å². The van der Waals surface area contributed by atoms with E-state index in [1.165, 1.54) is 0 Å². The molecule has 1 aliphatic carbocycles. The molecule has 0 spiro atoms. The Morgan fingerprint density at radius 1 is 1.67 bits per heavy atom. The molecule has 1 N–H and O–H groups in total. The summed E-state index contributed by atoms with van der Waals surface area (Å²) in [6, 6.07) is 0. The topological polar surface area (TPSA) is 20.2 Å². The van der Waals surface area contributed by atoms with Gasteiger partial charge < -0.3 is 5.11 Å². The van der Waals surface area contributed by atoms with Crippen molar-refractivity contribution in [2.75, 3.05) is 0 Å². The van der Waals surface area contributed by atoms with Crippen LogP contribution in [-0.2, 0) is 0 Å². The van der Waals surface area contributed by atoms with Crippen molar-refractivity contribution < 1.29 is 5.11 Å². The zero-order chi connectivity index (χ0) is 6.85. The second kappa shape index (κ2) is 2.54. The molecule has 0 aliphatic heterocycles. The fraction of sp³-hybridized carbons (Fsp3) is 0.429. The molecule has 0 aromatic rings. The van der Waals surface area contributed by atoms with E-state index in [1.54, 1.807) is 12.2 Å². The monoisotopic (exact) mass is 144 g/mol. The van der Waals surface area contributed by atoms with Gasteiger partial charge in [-0.2, -0.15) is 0 Å². The van der Waals surface area contributed by atoms with Crippen molar-refractivity contribution in [2.45, 2.75) is 13.0 Å². The predicted molar refractivity (Wildman–Crippen MR) is 38.2 cm³/mol. The van der Waals surface area contributed by atoms with Crippen LogP contribution >= 0.6 is 11.6 Å². The minimum absolute atomic E-state index is 0.155. The summed E-state index contributed by atoms with van der Waals surface area (Å²) < 4.78 is 0. The van der Waals surface area contributed by atoms with E-state index in [9.17, 15) is 0 Å². The van der Waals surface area contributed by atoms with Gasteiger partial charge in [0, 0.05) is 11.0 Å². The lowest BCUT2D eigenvalue weighted by Gasteiger charge is -2.14. The van der Waals surface area contributed by atoms with E-state index >= 15 is 0 Å². The second-order valence-corrected chi connectivity index (χ2v) is 2.70. The van der Waals surface area contributed by atoms with Crippen LogP contribution in [0, 0.1) is 5.92 Å². The summed E-state index contributed by atoms with van der Waals surface area (Å²) in [5.74, 6) is 0.155. The van der Waals surface area contributed by atoms with E-state index in [4.69, 9.17) is 16.7 Å². The van der Waals surface area contributed by atoms with Gasteiger partial charge in [-0.3, -0.25) is 0 Å². The molecule has 0 aromatic carbocycles. The Hall–Kier alpha value is -0.270. The summed E-state index contributed by atoms with van der Waals surface area (Å²) in [4.78, 5) is 0. The van der Waals surface area contributed by atoms with Gasteiger partial charge in [0.1, 0.15) is 0 Å². The molecule has 50 valence electrons. The molecule has 0 bridgehead atoms. The van der Waals surface area contributed by atoms with E-state index in [2.05, 4.69) is 0 Å². The summed E-state index contributed by atoms with van der Waals surface area (Å²) >= 11 is 5.64. The Kier molecular flexibility index (Phi) is 1.94. The second-order valence-electron chi connectivity index (χ2n) is 2.26. The van der Waals surface area contributed by atoms with Crippen molar-refractivity contribution in [3.8, 4) is 0 Å². The third kappa shape index (κ3) is 1.57. The predicted octanol–water partition coefficient (Wildman–Crippen LogP) is 1.68. The summed E-state index contributed by atoms with van der Waals surface area (Å²) in [5.41, 5.74) is 0. The number of halogens is 1. The molecule has 0 saturated carbocycles. The highest BCUT2D eigenvalue weighted by molar-refractivity contribution is 6.31. The third-order valence-corrected chi connectivity index (χ3v) is 1.67. The Bertz CT molecular complexity index is 160. The molecule has 9 heavy (non-hydrogen) atoms. The number of rotatable bonds is 0. The van der Waals surface area contributed by atoms with Crippen molar-refractivity contribution in [3.05, 3.63) is 23.3 Å². The average Bonchev–Trinajstić information content (AvgIpc) is 1.80. The summed E-state index contributed by atoms with van der Waals surface area (Å²) in [6.07, 6.45) is 4.90. The van der Waals surface area contributed by atoms with Crippen molar-refractivity contribution in [1.29, 1.82) is 0 Å². The molecule has 2 atom stereocenters. The molecule has 0 fully saturated rings. The molecule has 1 aliphatic rings. The van der Waals surface area contributed by atoms with Crippen LogP contribution in [0.4, 0.5) is 0 Å².